The number of hydrogen-bond acceptors (Lipinski definition) is 6. The zero-order valence-electron chi connectivity index (χ0n) is 18.3. The molecule has 1 saturated heterocycles. The van der Waals surface area contributed by atoms with E-state index in [0.717, 1.165) is 10.5 Å². The molecule has 10 nitrogen and oxygen atoms in total. The summed E-state index contributed by atoms with van der Waals surface area (Å²) in [5.74, 6) is -0.427. The summed E-state index contributed by atoms with van der Waals surface area (Å²) in [5.41, 5.74) is 2.84. The number of rotatable bonds is 6. The van der Waals surface area contributed by atoms with Gasteiger partial charge < -0.3 is 15.1 Å². The zero-order valence-corrected chi connectivity index (χ0v) is 18.3. The van der Waals surface area contributed by atoms with E-state index in [1.54, 1.807) is 37.3 Å². The van der Waals surface area contributed by atoms with E-state index in [1.807, 2.05) is 19.1 Å². The number of nitro benzene ring substituents is 1. The largest absolute Gasteiger partial charge is 0.457 e. The molecule has 4 rings (SSSR count). The maximum Gasteiger partial charge on any atom is 0.329 e. The summed E-state index contributed by atoms with van der Waals surface area (Å²) in [6.45, 7) is 3.20. The molecule has 172 valence electrons. The van der Waals surface area contributed by atoms with Crippen LogP contribution in [0.1, 0.15) is 16.9 Å². The van der Waals surface area contributed by atoms with Crippen LogP contribution >= 0.6 is 0 Å². The number of anilines is 1. The van der Waals surface area contributed by atoms with Gasteiger partial charge in [-0.05, 0) is 49.7 Å². The van der Waals surface area contributed by atoms with Crippen LogP contribution in [0, 0.1) is 24.0 Å². The maximum absolute atomic E-state index is 12.7. The Bertz CT molecular complexity index is 1340. The summed E-state index contributed by atoms with van der Waals surface area (Å²) < 4.78 is 5.75. The zero-order chi connectivity index (χ0) is 24.4. The van der Waals surface area contributed by atoms with Gasteiger partial charge in [0, 0.05) is 29.5 Å². The van der Waals surface area contributed by atoms with E-state index in [1.165, 1.54) is 18.2 Å². The first-order chi connectivity index (χ1) is 16.2. The third-order valence-corrected chi connectivity index (χ3v) is 5.20. The van der Waals surface area contributed by atoms with Gasteiger partial charge >= 0.3 is 6.03 Å². The highest BCUT2D eigenvalue weighted by molar-refractivity contribution is 6.15. The molecule has 34 heavy (non-hydrogen) atoms. The summed E-state index contributed by atoms with van der Waals surface area (Å²) in [7, 11) is 0. The van der Waals surface area contributed by atoms with Gasteiger partial charge in [-0.2, -0.15) is 0 Å². The van der Waals surface area contributed by atoms with Gasteiger partial charge in [0.1, 0.15) is 23.8 Å². The van der Waals surface area contributed by atoms with Crippen LogP contribution in [0.2, 0.25) is 0 Å². The molecular formula is C24H20N4O6. The van der Waals surface area contributed by atoms with Gasteiger partial charge in [-0.15, -0.1) is 0 Å². The number of carbonyl (C=O) groups is 3. The Morgan fingerprint density at radius 2 is 1.85 bits per heavy atom. The molecule has 0 atom stereocenters. The quantitative estimate of drug-likeness (QED) is 0.247. The molecule has 3 aromatic rings. The van der Waals surface area contributed by atoms with Crippen molar-refractivity contribution in [3.05, 3.63) is 87.3 Å². The highest BCUT2D eigenvalue weighted by Gasteiger charge is 2.35. The van der Waals surface area contributed by atoms with Crippen LogP contribution in [0.3, 0.4) is 0 Å². The van der Waals surface area contributed by atoms with Gasteiger partial charge in [-0.25, -0.2) is 9.69 Å². The predicted octanol–water partition coefficient (Wildman–Crippen LogP) is 4.00. The molecule has 2 aromatic carbocycles. The van der Waals surface area contributed by atoms with E-state index in [2.05, 4.69) is 10.6 Å². The maximum atomic E-state index is 12.7. The van der Waals surface area contributed by atoms with Crippen LogP contribution < -0.4 is 10.6 Å². The van der Waals surface area contributed by atoms with Crippen LogP contribution in [0.15, 0.2) is 64.7 Å². The van der Waals surface area contributed by atoms with Crippen LogP contribution in [-0.4, -0.2) is 34.2 Å². The number of hydrogen-bond donors (Lipinski definition) is 2. The van der Waals surface area contributed by atoms with Crippen LogP contribution in [0.25, 0.3) is 17.4 Å². The summed E-state index contributed by atoms with van der Waals surface area (Å²) in [5, 5.41) is 16.0. The molecule has 0 saturated carbocycles. The van der Waals surface area contributed by atoms with E-state index in [4.69, 9.17) is 4.42 Å². The van der Waals surface area contributed by atoms with Crippen molar-refractivity contribution in [1.29, 1.82) is 0 Å². The average molecular weight is 460 g/mol. The van der Waals surface area contributed by atoms with Gasteiger partial charge in [0.15, 0.2) is 0 Å². The molecule has 2 heterocycles. The van der Waals surface area contributed by atoms with Gasteiger partial charge in [-0.1, -0.05) is 17.7 Å². The molecule has 10 heteroatoms. The molecule has 1 aromatic heterocycles. The van der Waals surface area contributed by atoms with Gasteiger partial charge in [0.2, 0.25) is 5.91 Å². The number of carbonyl (C=O) groups excluding carboxylic acids is 3. The van der Waals surface area contributed by atoms with Gasteiger partial charge in [-0.3, -0.25) is 19.7 Å². The van der Waals surface area contributed by atoms with Gasteiger partial charge in [0.05, 0.1) is 4.92 Å². The first-order valence-electron chi connectivity index (χ1n) is 10.3. The fraction of sp³-hybridized carbons (Fsp3) is 0.125. The smallest absolute Gasteiger partial charge is 0.329 e. The standard InChI is InChI=1S/C24H20N4O6/c1-14-3-5-16(6-4-14)25-22(29)13-27-23(30)20(26-24(27)31)12-18-8-10-21(34-18)19-9-7-17(28(32)33)11-15(19)2/h3-12H,13H2,1-2H3,(H,25,29)(H,26,31)/b20-12-. The lowest BCUT2D eigenvalue weighted by Crippen LogP contribution is -2.38. The fourth-order valence-corrected chi connectivity index (χ4v) is 3.45. The van der Waals surface area contributed by atoms with Crippen LogP contribution in [0.5, 0.6) is 0 Å². The number of non-ortho nitro benzene ring substituents is 1. The predicted molar refractivity (Wildman–Crippen MR) is 124 cm³/mol. The lowest BCUT2D eigenvalue weighted by atomic mass is 10.1. The van der Waals surface area contributed by atoms with E-state index in [0.29, 0.717) is 28.3 Å². The number of urea groups is 1. The Morgan fingerprint density at radius 3 is 2.53 bits per heavy atom. The second-order valence-corrected chi connectivity index (χ2v) is 7.75. The number of nitro groups is 1. The normalized spacial score (nSPS) is 14.4. The Labute approximate surface area is 194 Å². The highest BCUT2D eigenvalue weighted by Crippen LogP contribution is 2.29. The third-order valence-electron chi connectivity index (χ3n) is 5.20. The number of benzene rings is 2. The van der Waals surface area contributed by atoms with E-state index >= 15 is 0 Å². The number of nitrogens with zero attached hydrogens (tertiary/aromatic N) is 2. The number of imide groups is 1. The molecule has 1 aliphatic heterocycles. The van der Waals surface area contributed by atoms with E-state index in [-0.39, 0.29) is 11.4 Å². The molecule has 0 unspecified atom stereocenters. The number of aryl methyl sites for hydroxylation is 2. The molecule has 2 N–H and O–H groups in total. The Morgan fingerprint density at radius 1 is 1.12 bits per heavy atom. The first-order valence-corrected chi connectivity index (χ1v) is 10.3. The third kappa shape index (κ3) is 4.70. The number of furan rings is 1. The average Bonchev–Trinajstić information content (AvgIpc) is 3.35. The summed E-state index contributed by atoms with van der Waals surface area (Å²) >= 11 is 0. The first kappa shape index (κ1) is 22.5. The molecule has 1 aliphatic rings. The minimum Gasteiger partial charge on any atom is -0.457 e. The minimum absolute atomic E-state index is 0.0269. The van der Waals surface area contributed by atoms with E-state index in [9.17, 15) is 24.5 Å². The SMILES string of the molecule is Cc1ccc(NC(=O)CN2C(=O)N/C(=C\c3ccc(-c4ccc([N+](=O)[O-])cc4C)o3)C2=O)cc1. The van der Waals surface area contributed by atoms with Crippen molar-refractivity contribution in [2.45, 2.75) is 13.8 Å². The molecule has 1 fully saturated rings. The van der Waals surface area contributed by atoms with Crippen molar-refractivity contribution in [3.63, 3.8) is 0 Å². The number of nitrogens with one attached hydrogen (secondary N) is 2. The molecule has 0 bridgehead atoms. The molecular weight excluding hydrogens is 440 g/mol. The topological polar surface area (TPSA) is 135 Å². The van der Waals surface area contributed by atoms with Crippen molar-refractivity contribution in [3.8, 4) is 11.3 Å². The molecule has 0 radical (unpaired) electrons. The second-order valence-electron chi connectivity index (χ2n) is 7.75. The second kappa shape index (κ2) is 9.02. The Hall–Kier alpha value is -4.73. The Kier molecular flexibility index (Phi) is 5.96. The van der Waals surface area contributed by atoms with Crippen molar-refractivity contribution in [1.82, 2.24) is 10.2 Å². The lowest BCUT2D eigenvalue weighted by molar-refractivity contribution is -0.384. The van der Waals surface area contributed by atoms with Crippen molar-refractivity contribution in [2.24, 2.45) is 0 Å². The fourth-order valence-electron chi connectivity index (χ4n) is 3.45. The van der Waals surface area contributed by atoms with E-state index < -0.39 is 29.3 Å². The van der Waals surface area contributed by atoms with Crippen molar-refractivity contribution < 1.29 is 23.7 Å². The molecule has 0 aliphatic carbocycles. The summed E-state index contributed by atoms with van der Waals surface area (Å²) in [6.07, 6.45) is 1.36. The summed E-state index contributed by atoms with van der Waals surface area (Å²) in [4.78, 5) is 48.5. The highest BCUT2D eigenvalue weighted by atomic mass is 16.6. The monoisotopic (exact) mass is 460 g/mol. The van der Waals surface area contributed by atoms with Crippen LogP contribution in [0.4, 0.5) is 16.2 Å². The van der Waals surface area contributed by atoms with Crippen molar-refractivity contribution >= 4 is 35.3 Å². The lowest BCUT2D eigenvalue weighted by Gasteiger charge is -2.12. The van der Waals surface area contributed by atoms with Gasteiger partial charge in [0.25, 0.3) is 11.6 Å². The minimum atomic E-state index is -0.715. The summed E-state index contributed by atoms with van der Waals surface area (Å²) in [6, 6.07) is 14.1. The van der Waals surface area contributed by atoms with Crippen molar-refractivity contribution in [2.75, 3.05) is 11.9 Å². The number of amides is 4. The Balaban J connectivity index is 1.46. The van der Waals surface area contributed by atoms with Crippen LogP contribution in [-0.2, 0) is 9.59 Å². The molecule has 0 spiro atoms. The molecule has 4 amide bonds.